The standard InChI is InChI=1S/C27H18Cl2N2O3/c28-19-13-18(14-20(29)15-19)24-10-7-22(33-24)8-11-26(32)30-21-6-9-25-23(16-21)31-27(34-25)12-17-4-2-1-3-5-17/h1-11,13-16H,12H2,(H,30,32)/b11-8+. The van der Waals surface area contributed by atoms with Crippen LogP contribution in [-0.2, 0) is 11.2 Å². The van der Waals surface area contributed by atoms with Crippen LogP contribution in [-0.4, -0.2) is 10.9 Å². The van der Waals surface area contributed by atoms with Gasteiger partial charge in [-0.1, -0.05) is 53.5 Å². The molecule has 5 rings (SSSR count). The SMILES string of the molecule is O=C(/C=C/c1ccc(-c2cc(Cl)cc(Cl)c2)o1)Nc1ccc2oc(Cc3ccccc3)nc2c1. The predicted octanol–water partition coefficient (Wildman–Crippen LogP) is 7.64. The maximum Gasteiger partial charge on any atom is 0.248 e. The van der Waals surface area contributed by atoms with Gasteiger partial charge in [-0.2, -0.15) is 0 Å². The molecular formula is C27H18Cl2N2O3. The van der Waals surface area contributed by atoms with Gasteiger partial charge < -0.3 is 14.2 Å². The zero-order valence-corrected chi connectivity index (χ0v) is 19.3. The molecule has 1 amide bonds. The summed E-state index contributed by atoms with van der Waals surface area (Å²) in [6, 6.07) is 24.1. The van der Waals surface area contributed by atoms with Gasteiger partial charge in [-0.05, 0) is 60.2 Å². The third-order valence-electron chi connectivity index (χ3n) is 5.07. The zero-order chi connectivity index (χ0) is 23.5. The van der Waals surface area contributed by atoms with E-state index >= 15 is 0 Å². The van der Waals surface area contributed by atoms with Gasteiger partial charge in [0.25, 0.3) is 0 Å². The number of hydrogen-bond donors (Lipinski definition) is 1. The maximum atomic E-state index is 12.4. The average Bonchev–Trinajstić information content (AvgIpc) is 3.44. The minimum absolute atomic E-state index is 0.295. The van der Waals surface area contributed by atoms with Crippen LogP contribution in [0.5, 0.6) is 0 Å². The van der Waals surface area contributed by atoms with Crippen molar-refractivity contribution in [2.24, 2.45) is 0 Å². The monoisotopic (exact) mass is 488 g/mol. The summed E-state index contributed by atoms with van der Waals surface area (Å²) in [5.41, 5.74) is 3.85. The minimum atomic E-state index is -0.295. The number of amides is 1. The van der Waals surface area contributed by atoms with Gasteiger partial charge in [0.1, 0.15) is 17.0 Å². The molecule has 0 unspecified atom stereocenters. The molecule has 0 aliphatic heterocycles. The van der Waals surface area contributed by atoms with Crippen molar-refractivity contribution in [2.45, 2.75) is 6.42 Å². The van der Waals surface area contributed by atoms with Gasteiger partial charge in [0.05, 0.1) is 0 Å². The first-order valence-electron chi connectivity index (χ1n) is 10.5. The summed E-state index contributed by atoms with van der Waals surface area (Å²) < 4.78 is 11.6. The second-order valence-corrected chi connectivity index (χ2v) is 8.51. The lowest BCUT2D eigenvalue weighted by Crippen LogP contribution is -2.07. The number of furan rings is 1. The van der Waals surface area contributed by atoms with Crippen molar-refractivity contribution in [3.8, 4) is 11.3 Å². The van der Waals surface area contributed by atoms with E-state index in [2.05, 4.69) is 10.3 Å². The average molecular weight is 489 g/mol. The number of oxazole rings is 1. The fourth-order valence-corrected chi connectivity index (χ4v) is 4.06. The molecule has 0 radical (unpaired) electrons. The lowest BCUT2D eigenvalue weighted by Gasteiger charge is -2.01. The molecule has 2 aromatic heterocycles. The van der Waals surface area contributed by atoms with Gasteiger partial charge in [-0.3, -0.25) is 4.79 Å². The van der Waals surface area contributed by atoms with E-state index < -0.39 is 0 Å². The molecule has 0 saturated heterocycles. The fraction of sp³-hybridized carbons (Fsp3) is 0.0370. The highest BCUT2D eigenvalue weighted by Crippen LogP contribution is 2.29. The Balaban J connectivity index is 1.25. The summed E-state index contributed by atoms with van der Waals surface area (Å²) in [4.78, 5) is 17.0. The van der Waals surface area contributed by atoms with Gasteiger partial charge in [0, 0.05) is 33.8 Å². The summed E-state index contributed by atoms with van der Waals surface area (Å²) in [5.74, 6) is 1.46. The highest BCUT2D eigenvalue weighted by Gasteiger charge is 2.09. The number of hydrogen-bond acceptors (Lipinski definition) is 4. The highest BCUT2D eigenvalue weighted by molar-refractivity contribution is 6.35. The number of rotatable bonds is 6. The van der Waals surface area contributed by atoms with Crippen molar-refractivity contribution < 1.29 is 13.6 Å². The maximum absolute atomic E-state index is 12.4. The normalized spacial score (nSPS) is 11.4. The van der Waals surface area contributed by atoms with E-state index in [0.717, 1.165) is 11.1 Å². The molecule has 0 saturated carbocycles. The number of fused-ring (bicyclic) bond motifs is 1. The number of carbonyl (C=O) groups excluding carboxylic acids is 1. The van der Waals surface area contributed by atoms with Crippen LogP contribution in [0.3, 0.4) is 0 Å². The van der Waals surface area contributed by atoms with E-state index in [1.165, 1.54) is 6.08 Å². The molecule has 5 nitrogen and oxygen atoms in total. The van der Waals surface area contributed by atoms with Gasteiger partial charge in [-0.15, -0.1) is 0 Å². The van der Waals surface area contributed by atoms with Gasteiger partial charge in [-0.25, -0.2) is 4.98 Å². The third-order valence-corrected chi connectivity index (χ3v) is 5.51. The second kappa shape index (κ2) is 9.59. The highest BCUT2D eigenvalue weighted by atomic mass is 35.5. The lowest BCUT2D eigenvalue weighted by atomic mass is 10.1. The lowest BCUT2D eigenvalue weighted by molar-refractivity contribution is -0.111. The zero-order valence-electron chi connectivity index (χ0n) is 17.8. The van der Waals surface area contributed by atoms with Crippen LogP contribution in [0.25, 0.3) is 28.5 Å². The summed E-state index contributed by atoms with van der Waals surface area (Å²) in [6.07, 6.45) is 3.60. The first-order valence-corrected chi connectivity index (χ1v) is 11.3. The van der Waals surface area contributed by atoms with Crippen LogP contribution in [0.15, 0.2) is 93.8 Å². The molecule has 0 aliphatic carbocycles. The molecule has 3 aromatic carbocycles. The summed E-state index contributed by atoms with van der Waals surface area (Å²) in [7, 11) is 0. The molecule has 7 heteroatoms. The molecule has 0 spiro atoms. The number of aromatic nitrogens is 1. The molecule has 5 aromatic rings. The van der Waals surface area contributed by atoms with Crippen LogP contribution < -0.4 is 5.32 Å². The Hall–Kier alpha value is -3.80. The summed E-state index contributed by atoms with van der Waals surface area (Å²) in [6.45, 7) is 0. The van der Waals surface area contributed by atoms with Crippen molar-refractivity contribution in [2.75, 3.05) is 5.32 Å². The molecule has 34 heavy (non-hydrogen) atoms. The van der Waals surface area contributed by atoms with Crippen molar-refractivity contribution in [1.29, 1.82) is 0 Å². The van der Waals surface area contributed by atoms with Crippen LogP contribution >= 0.6 is 23.2 Å². The Morgan fingerprint density at radius 2 is 1.71 bits per heavy atom. The molecule has 0 fully saturated rings. The largest absolute Gasteiger partial charge is 0.457 e. The van der Waals surface area contributed by atoms with E-state index in [9.17, 15) is 4.79 Å². The predicted molar refractivity (Wildman–Crippen MR) is 135 cm³/mol. The summed E-state index contributed by atoms with van der Waals surface area (Å²) in [5, 5.41) is 3.87. The van der Waals surface area contributed by atoms with Gasteiger partial charge >= 0.3 is 0 Å². The van der Waals surface area contributed by atoms with Crippen molar-refractivity contribution >= 4 is 52.0 Å². The number of benzene rings is 3. The molecule has 0 bridgehead atoms. The van der Waals surface area contributed by atoms with E-state index in [-0.39, 0.29) is 5.91 Å². The molecule has 2 heterocycles. The van der Waals surface area contributed by atoms with Crippen molar-refractivity contribution in [3.05, 3.63) is 112 Å². The van der Waals surface area contributed by atoms with Gasteiger partial charge in [0.15, 0.2) is 11.5 Å². The number of nitrogens with one attached hydrogen (secondary N) is 1. The Morgan fingerprint density at radius 3 is 2.50 bits per heavy atom. The molecule has 1 N–H and O–H groups in total. The third kappa shape index (κ3) is 5.22. The number of carbonyl (C=O) groups is 1. The summed E-state index contributed by atoms with van der Waals surface area (Å²) >= 11 is 12.1. The molecular weight excluding hydrogens is 471 g/mol. The first-order chi connectivity index (χ1) is 16.5. The van der Waals surface area contributed by atoms with E-state index in [4.69, 9.17) is 32.0 Å². The van der Waals surface area contributed by atoms with Gasteiger partial charge in [0.2, 0.25) is 5.91 Å². The smallest absolute Gasteiger partial charge is 0.248 e. The topological polar surface area (TPSA) is 68.3 Å². The first kappa shape index (κ1) is 22.0. The number of anilines is 1. The number of halogens is 2. The molecule has 168 valence electrons. The van der Waals surface area contributed by atoms with E-state index in [1.807, 2.05) is 30.3 Å². The minimum Gasteiger partial charge on any atom is -0.457 e. The Labute approximate surface area is 205 Å². The van der Waals surface area contributed by atoms with Crippen molar-refractivity contribution in [1.82, 2.24) is 4.98 Å². The van der Waals surface area contributed by atoms with E-state index in [1.54, 1.807) is 54.6 Å². The fourth-order valence-electron chi connectivity index (χ4n) is 3.53. The van der Waals surface area contributed by atoms with Crippen LogP contribution in [0, 0.1) is 0 Å². The van der Waals surface area contributed by atoms with Crippen LogP contribution in [0.1, 0.15) is 17.2 Å². The van der Waals surface area contributed by atoms with Crippen molar-refractivity contribution in [3.63, 3.8) is 0 Å². The Kier molecular flexibility index (Phi) is 6.21. The van der Waals surface area contributed by atoms with Crippen LogP contribution in [0.4, 0.5) is 5.69 Å². The Morgan fingerprint density at radius 1 is 0.912 bits per heavy atom. The van der Waals surface area contributed by atoms with Crippen LogP contribution in [0.2, 0.25) is 10.0 Å². The number of nitrogens with zero attached hydrogens (tertiary/aromatic N) is 1. The quantitative estimate of drug-likeness (QED) is 0.249. The second-order valence-electron chi connectivity index (χ2n) is 7.64. The Bertz CT molecular complexity index is 1480. The molecule has 0 aliphatic rings. The molecule has 0 atom stereocenters. The van der Waals surface area contributed by atoms with E-state index in [0.29, 0.717) is 50.7 Å².